The average molecular weight is 283 g/mol. The minimum absolute atomic E-state index is 0.0201. The van der Waals surface area contributed by atoms with Gasteiger partial charge < -0.3 is 4.42 Å². The van der Waals surface area contributed by atoms with E-state index in [2.05, 4.69) is 23.8 Å². The van der Waals surface area contributed by atoms with E-state index in [0.717, 1.165) is 5.56 Å². The smallest absolute Gasteiger partial charge is 0.273 e. The lowest BCUT2D eigenvalue weighted by Crippen LogP contribution is -1.90. The lowest BCUT2D eigenvalue weighted by Gasteiger charge is -2.03. The highest BCUT2D eigenvalue weighted by atomic mass is 16.6. The Bertz CT molecular complexity index is 807. The van der Waals surface area contributed by atoms with Gasteiger partial charge in [-0.05, 0) is 23.6 Å². The molecule has 0 N–H and O–H groups in total. The molecule has 3 rings (SSSR count). The topological polar surface area (TPSA) is 82.1 Å². The van der Waals surface area contributed by atoms with Crippen LogP contribution in [0.4, 0.5) is 5.69 Å². The van der Waals surface area contributed by atoms with Gasteiger partial charge in [0.25, 0.3) is 5.69 Å². The summed E-state index contributed by atoms with van der Waals surface area (Å²) in [5.74, 6) is 0.763. The maximum absolute atomic E-state index is 10.8. The van der Waals surface area contributed by atoms with Crippen molar-refractivity contribution in [3.63, 3.8) is 0 Å². The molecule has 2 heterocycles. The van der Waals surface area contributed by atoms with Crippen LogP contribution in [0, 0.1) is 10.1 Å². The fourth-order valence-corrected chi connectivity index (χ4v) is 2.01. The molecule has 0 unspecified atom stereocenters. The summed E-state index contributed by atoms with van der Waals surface area (Å²) < 4.78 is 5.57. The molecule has 6 nitrogen and oxygen atoms in total. The van der Waals surface area contributed by atoms with Crippen molar-refractivity contribution in [3.05, 3.63) is 52.2 Å². The van der Waals surface area contributed by atoms with Crippen LogP contribution in [0.15, 0.2) is 40.9 Å². The monoisotopic (exact) mass is 283 g/mol. The minimum Gasteiger partial charge on any atom is -0.434 e. The summed E-state index contributed by atoms with van der Waals surface area (Å²) in [7, 11) is 0. The predicted molar refractivity (Wildman–Crippen MR) is 78.0 cm³/mol. The maximum Gasteiger partial charge on any atom is 0.273 e. The molecule has 6 heteroatoms. The number of nitro groups is 1. The summed E-state index contributed by atoms with van der Waals surface area (Å²) in [5.41, 5.74) is 2.68. The zero-order chi connectivity index (χ0) is 15.0. The second-order valence-corrected chi connectivity index (χ2v) is 5.06. The zero-order valence-electron chi connectivity index (χ0n) is 11.6. The Morgan fingerprint density at radius 2 is 2.05 bits per heavy atom. The van der Waals surface area contributed by atoms with E-state index in [1.165, 1.54) is 12.1 Å². The van der Waals surface area contributed by atoms with E-state index in [9.17, 15) is 10.1 Å². The van der Waals surface area contributed by atoms with Gasteiger partial charge in [0.05, 0.1) is 11.0 Å². The fraction of sp³-hybridized carbons (Fsp3) is 0.200. The molecule has 3 aromatic rings. The molecular weight excluding hydrogens is 270 g/mol. The number of benzene rings is 1. The van der Waals surface area contributed by atoms with Gasteiger partial charge in [0.2, 0.25) is 5.89 Å². The number of fused-ring (bicyclic) bond motifs is 1. The number of hydrogen-bond acceptors (Lipinski definition) is 5. The van der Waals surface area contributed by atoms with Crippen LogP contribution in [-0.2, 0) is 0 Å². The molecule has 0 saturated heterocycles. The highest BCUT2D eigenvalue weighted by Crippen LogP contribution is 2.26. The maximum atomic E-state index is 10.8. The van der Waals surface area contributed by atoms with E-state index in [0.29, 0.717) is 28.6 Å². The summed E-state index contributed by atoms with van der Waals surface area (Å²) in [6, 6.07) is 8.17. The predicted octanol–water partition coefficient (Wildman–Crippen LogP) is 3.92. The van der Waals surface area contributed by atoms with E-state index in [1.54, 1.807) is 12.3 Å². The summed E-state index contributed by atoms with van der Waals surface area (Å²) in [5, 5.41) is 10.8. The molecule has 0 aliphatic rings. The van der Waals surface area contributed by atoms with Crippen molar-refractivity contribution in [1.29, 1.82) is 0 Å². The highest BCUT2D eigenvalue weighted by Gasteiger charge is 2.13. The average Bonchev–Trinajstić information content (AvgIpc) is 2.90. The quantitative estimate of drug-likeness (QED) is 0.537. The Morgan fingerprint density at radius 3 is 2.67 bits per heavy atom. The van der Waals surface area contributed by atoms with Crippen LogP contribution in [0.1, 0.15) is 25.3 Å². The van der Waals surface area contributed by atoms with Crippen LogP contribution in [0.5, 0.6) is 0 Å². The molecule has 0 bridgehead atoms. The van der Waals surface area contributed by atoms with Crippen LogP contribution in [0.25, 0.3) is 22.7 Å². The fourth-order valence-electron chi connectivity index (χ4n) is 2.01. The molecule has 0 radical (unpaired) electrons. The molecule has 0 fully saturated rings. The lowest BCUT2D eigenvalue weighted by molar-refractivity contribution is -0.384. The summed E-state index contributed by atoms with van der Waals surface area (Å²) in [6.45, 7) is 4.19. The van der Waals surface area contributed by atoms with Gasteiger partial charge in [0.15, 0.2) is 5.58 Å². The highest BCUT2D eigenvalue weighted by molar-refractivity contribution is 5.78. The number of aromatic nitrogens is 2. The molecule has 0 spiro atoms. The van der Waals surface area contributed by atoms with Gasteiger partial charge >= 0.3 is 0 Å². The number of rotatable bonds is 3. The summed E-state index contributed by atoms with van der Waals surface area (Å²) in [4.78, 5) is 18.9. The van der Waals surface area contributed by atoms with E-state index in [4.69, 9.17) is 4.42 Å². The van der Waals surface area contributed by atoms with E-state index in [-0.39, 0.29) is 5.69 Å². The molecule has 21 heavy (non-hydrogen) atoms. The van der Waals surface area contributed by atoms with Crippen LogP contribution in [-0.4, -0.2) is 14.9 Å². The van der Waals surface area contributed by atoms with Gasteiger partial charge in [-0.2, -0.15) is 0 Å². The number of oxazole rings is 1. The van der Waals surface area contributed by atoms with E-state index >= 15 is 0 Å². The zero-order valence-corrected chi connectivity index (χ0v) is 11.6. The van der Waals surface area contributed by atoms with Crippen molar-refractivity contribution in [1.82, 2.24) is 9.97 Å². The first kappa shape index (κ1) is 13.2. The van der Waals surface area contributed by atoms with E-state index in [1.807, 2.05) is 12.1 Å². The number of hydrogen-bond donors (Lipinski definition) is 0. The van der Waals surface area contributed by atoms with Crippen LogP contribution in [0.2, 0.25) is 0 Å². The van der Waals surface area contributed by atoms with Gasteiger partial charge in [-0.1, -0.05) is 19.9 Å². The van der Waals surface area contributed by atoms with Crippen molar-refractivity contribution in [3.8, 4) is 11.6 Å². The summed E-state index contributed by atoms with van der Waals surface area (Å²) in [6.07, 6.45) is 1.79. The van der Waals surface area contributed by atoms with Crippen molar-refractivity contribution in [2.45, 2.75) is 19.8 Å². The third-order valence-electron chi connectivity index (χ3n) is 3.25. The van der Waals surface area contributed by atoms with E-state index < -0.39 is 4.92 Å². The molecule has 1 aromatic carbocycles. The van der Waals surface area contributed by atoms with Gasteiger partial charge in [-0.25, -0.2) is 4.98 Å². The SMILES string of the molecule is CC(C)c1ccc(-c2nc3ccc([N+](=O)[O-])cc3o2)nc1. The van der Waals surface area contributed by atoms with Gasteiger partial charge in [-0.15, -0.1) is 0 Å². The van der Waals surface area contributed by atoms with Crippen LogP contribution in [0.3, 0.4) is 0 Å². The third-order valence-corrected chi connectivity index (χ3v) is 3.25. The Labute approximate surface area is 120 Å². The first-order chi connectivity index (χ1) is 10.0. The number of nitrogens with zero attached hydrogens (tertiary/aromatic N) is 3. The molecule has 2 aromatic heterocycles. The van der Waals surface area contributed by atoms with Crippen LogP contribution >= 0.6 is 0 Å². The molecule has 0 aliphatic heterocycles. The molecular formula is C15H13N3O3. The second kappa shape index (κ2) is 4.97. The molecule has 0 saturated carbocycles. The lowest BCUT2D eigenvalue weighted by atomic mass is 10.1. The van der Waals surface area contributed by atoms with Gasteiger partial charge in [0.1, 0.15) is 11.2 Å². The standard InChI is InChI=1S/C15H13N3O3/c1-9(2)10-3-5-13(16-8-10)15-17-12-6-4-11(18(19)20)7-14(12)21-15/h3-9H,1-2H3. The van der Waals surface area contributed by atoms with Crippen molar-refractivity contribution >= 4 is 16.8 Å². The Morgan fingerprint density at radius 1 is 1.24 bits per heavy atom. The largest absolute Gasteiger partial charge is 0.434 e. The Balaban J connectivity index is 2.02. The molecule has 106 valence electrons. The summed E-state index contributed by atoms with van der Waals surface area (Å²) >= 11 is 0. The van der Waals surface area contributed by atoms with Crippen LogP contribution < -0.4 is 0 Å². The number of pyridine rings is 1. The van der Waals surface area contributed by atoms with Gasteiger partial charge in [-0.3, -0.25) is 15.1 Å². The molecule has 0 atom stereocenters. The molecule has 0 aliphatic carbocycles. The third kappa shape index (κ3) is 2.47. The Hall–Kier alpha value is -2.76. The number of nitro benzene ring substituents is 1. The first-order valence-electron chi connectivity index (χ1n) is 6.56. The van der Waals surface area contributed by atoms with Gasteiger partial charge in [0, 0.05) is 12.3 Å². The normalized spacial score (nSPS) is 11.2. The van der Waals surface area contributed by atoms with Crippen molar-refractivity contribution < 1.29 is 9.34 Å². The number of non-ortho nitro benzene ring substituents is 1. The first-order valence-corrected chi connectivity index (χ1v) is 6.56. The Kier molecular flexibility index (Phi) is 3.13. The molecule has 0 amide bonds. The minimum atomic E-state index is -0.461. The van der Waals surface area contributed by atoms with Crippen molar-refractivity contribution in [2.24, 2.45) is 0 Å². The second-order valence-electron chi connectivity index (χ2n) is 5.06. The van der Waals surface area contributed by atoms with Crippen molar-refractivity contribution in [2.75, 3.05) is 0 Å².